The maximum absolute atomic E-state index is 13.4. The van der Waals surface area contributed by atoms with Crippen LogP contribution >= 0.6 is 11.3 Å². The highest BCUT2D eigenvalue weighted by atomic mass is 32.2. The highest BCUT2D eigenvalue weighted by Crippen LogP contribution is 2.32. The van der Waals surface area contributed by atoms with Gasteiger partial charge in [0.15, 0.2) is 5.84 Å². The van der Waals surface area contributed by atoms with Gasteiger partial charge in [-0.2, -0.15) is 18.2 Å². The molecule has 32 heavy (non-hydrogen) atoms. The van der Waals surface area contributed by atoms with E-state index in [4.69, 9.17) is 0 Å². The Bertz CT molecular complexity index is 1620. The van der Waals surface area contributed by atoms with Crippen LogP contribution in [0.15, 0.2) is 73.1 Å². The molecule has 0 spiro atoms. The molecule has 0 unspecified atom stereocenters. The number of benzene rings is 2. The van der Waals surface area contributed by atoms with Crippen LogP contribution in [-0.4, -0.2) is 35.2 Å². The Labute approximate surface area is 186 Å². The fourth-order valence-corrected chi connectivity index (χ4v) is 5.10. The van der Waals surface area contributed by atoms with E-state index >= 15 is 0 Å². The van der Waals surface area contributed by atoms with Crippen LogP contribution in [0.2, 0.25) is 0 Å². The Morgan fingerprint density at radius 1 is 1.16 bits per heavy atom. The lowest BCUT2D eigenvalue weighted by Crippen LogP contribution is -2.31. The topological polar surface area (TPSA) is 126 Å². The number of aromatic hydroxyl groups is 1. The van der Waals surface area contributed by atoms with E-state index in [1.165, 1.54) is 23.6 Å². The average Bonchev–Trinajstić information content (AvgIpc) is 3.18. The summed E-state index contributed by atoms with van der Waals surface area (Å²) in [6.07, 6.45) is 1.43. The van der Waals surface area contributed by atoms with Crippen molar-refractivity contribution in [2.24, 2.45) is 9.50 Å². The molecule has 0 atom stereocenters. The Hall–Kier alpha value is -3.83. The molecule has 3 heterocycles. The highest BCUT2D eigenvalue weighted by molar-refractivity contribution is 7.90. The summed E-state index contributed by atoms with van der Waals surface area (Å²) in [5.41, 5.74) is 0.153. The van der Waals surface area contributed by atoms with Gasteiger partial charge in [0.2, 0.25) is 0 Å². The Morgan fingerprint density at radius 2 is 1.91 bits per heavy atom. The lowest BCUT2D eigenvalue weighted by Gasteiger charge is -2.19. The van der Waals surface area contributed by atoms with Gasteiger partial charge in [0.05, 0.1) is 28.1 Å². The molecule has 0 amide bonds. The van der Waals surface area contributed by atoms with Crippen LogP contribution in [0.1, 0.15) is 16.3 Å². The van der Waals surface area contributed by atoms with Crippen molar-refractivity contribution in [1.82, 2.24) is 9.66 Å². The number of aromatic nitrogens is 2. The van der Waals surface area contributed by atoms with Gasteiger partial charge in [0.1, 0.15) is 16.2 Å². The molecular weight excluding hydrogens is 450 g/mol. The molecule has 2 aromatic carbocycles. The molecule has 2 aromatic heterocycles. The van der Waals surface area contributed by atoms with Gasteiger partial charge in [0, 0.05) is 10.8 Å². The van der Waals surface area contributed by atoms with Crippen LogP contribution in [0.5, 0.6) is 5.75 Å². The number of aryl methyl sites for hydroxylation is 1. The van der Waals surface area contributed by atoms with Gasteiger partial charge >= 0.3 is 0 Å². The number of hydrogen-bond acceptors (Lipinski definition) is 8. The largest absolute Gasteiger partial charge is 0.506 e. The van der Waals surface area contributed by atoms with Crippen molar-refractivity contribution in [3.05, 3.63) is 80.5 Å². The van der Waals surface area contributed by atoms with E-state index < -0.39 is 15.6 Å². The van der Waals surface area contributed by atoms with Crippen LogP contribution in [0.25, 0.3) is 10.9 Å². The molecule has 0 saturated heterocycles. The molecule has 4 aromatic rings. The summed E-state index contributed by atoms with van der Waals surface area (Å²) in [6.45, 7) is 1.85. The first-order valence-electron chi connectivity index (χ1n) is 9.40. The van der Waals surface area contributed by atoms with Crippen molar-refractivity contribution in [1.29, 1.82) is 0 Å². The minimum atomic E-state index is -4.07. The number of nitrogens with one attached hydrogen (secondary N) is 1. The smallest absolute Gasteiger partial charge is 0.286 e. The fourth-order valence-electron chi connectivity index (χ4n) is 3.42. The molecule has 11 heteroatoms. The van der Waals surface area contributed by atoms with Crippen LogP contribution < -0.4 is 10.9 Å². The second-order valence-corrected chi connectivity index (χ2v) is 9.56. The molecule has 0 saturated carbocycles. The minimum Gasteiger partial charge on any atom is -0.506 e. The lowest BCUT2D eigenvalue weighted by molar-refractivity contribution is 0.478. The molecule has 1 aliphatic heterocycles. The number of fused-ring (bicyclic) bond motifs is 2. The number of hydrogen-bond donors (Lipinski definition) is 2. The van der Waals surface area contributed by atoms with Crippen LogP contribution in [0, 0.1) is 6.92 Å². The third-order valence-electron chi connectivity index (χ3n) is 4.84. The normalized spacial score (nSPS) is 14.8. The molecule has 0 radical (unpaired) electrons. The van der Waals surface area contributed by atoms with E-state index in [9.17, 15) is 18.3 Å². The first kappa shape index (κ1) is 20.1. The third kappa shape index (κ3) is 3.27. The third-order valence-corrected chi connectivity index (χ3v) is 6.97. The maximum atomic E-state index is 13.4. The van der Waals surface area contributed by atoms with Crippen molar-refractivity contribution in [3.63, 3.8) is 0 Å². The van der Waals surface area contributed by atoms with Gasteiger partial charge in [0.25, 0.3) is 15.6 Å². The molecule has 1 aliphatic rings. The molecule has 160 valence electrons. The van der Waals surface area contributed by atoms with E-state index in [-0.39, 0.29) is 27.7 Å². The summed E-state index contributed by atoms with van der Waals surface area (Å²) in [5, 5.41) is 21.0. The molecule has 5 rings (SSSR count). The minimum absolute atomic E-state index is 0.0127. The molecular formula is C21H15N5O4S2. The monoisotopic (exact) mass is 465 g/mol. The summed E-state index contributed by atoms with van der Waals surface area (Å²) in [5.74, 6) is -0.659. The SMILES string of the molecule is Cc1nc(C=Nn2c(=O)c(C3=NS(=O)(=O)c4ccccc4N3)c(O)c3ccccc32)cs1. The van der Waals surface area contributed by atoms with Gasteiger partial charge in [-0.3, -0.25) is 4.79 Å². The number of rotatable bonds is 3. The molecule has 0 bridgehead atoms. The Kier molecular flexibility index (Phi) is 4.64. The van der Waals surface area contributed by atoms with Gasteiger partial charge in [-0.25, -0.2) is 4.98 Å². The number of anilines is 1. The highest BCUT2D eigenvalue weighted by Gasteiger charge is 2.29. The van der Waals surface area contributed by atoms with E-state index in [0.717, 1.165) is 9.68 Å². The molecule has 9 nitrogen and oxygen atoms in total. The first-order valence-corrected chi connectivity index (χ1v) is 11.7. The standard InChI is InChI=1S/C21H15N5O4S2/c1-12-23-13(11-31-12)10-22-26-16-8-4-2-6-14(16)19(27)18(21(26)28)20-24-15-7-3-5-9-17(15)32(29,30)25-20/h2-11,27H,1H3,(H,24,25). The van der Waals surface area contributed by atoms with E-state index in [1.807, 2.05) is 6.92 Å². The Balaban J connectivity index is 1.76. The van der Waals surface area contributed by atoms with Gasteiger partial charge in [-0.1, -0.05) is 24.3 Å². The second-order valence-electron chi connectivity index (χ2n) is 6.93. The molecule has 0 aliphatic carbocycles. The second kappa shape index (κ2) is 7.39. The van der Waals surface area contributed by atoms with Crippen molar-refractivity contribution in [3.8, 4) is 5.75 Å². The van der Waals surface area contributed by atoms with E-state index in [2.05, 4.69) is 19.8 Å². The van der Waals surface area contributed by atoms with Crippen LogP contribution in [0.3, 0.4) is 0 Å². The van der Waals surface area contributed by atoms with Gasteiger partial charge in [-0.15, -0.1) is 15.7 Å². The number of para-hydroxylation sites is 2. The number of amidine groups is 1. The number of nitrogens with zero attached hydrogens (tertiary/aromatic N) is 4. The summed E-state index contributed by atoms with van der Waals surface area (Å²) >= 11 is 1.44. The van der Waals surface area contributed by atoms with Gasteiger partial charge in [-0.05, 0) is 31.2 Å². The van der Waals surface area contributed by atoms with E-state index in [1.54, 1.807) is 47.8 Å². The van der Waals surface area contributed by atoms with Crippen LogP contribution in [-0.2, 0) is 10.0 Å². The van der Waals surface area contributed by atoms with Crippen molar-refractivity contribution < 1.29 is 13.5 Å². The molecule has 2 N–H and O–H groups in total. The Morgan fingerprint density at radius 3 is 2.69 bits per heavy atom. The first-order chi connectivity index (χ1) is 15.3. The predicted molar refractivity (Wildman–Crippen MR) is 124 cm³/mol. The fraction of sp³-hybridized carbons (Fsp3) is 0.0476. The maximum Gasteiger partial charge on any atom is 0.286 e. The summed E-state index contributed by atoms with van der Waals surface area (Å²) in [7, 11) is -4.07. The number of pyridine rings is 1. The van der Waals surface area contributed by atoms with E-state index in [0.29, 0.717) is 16.6 Å². The summed E-state index contributed by atoms with van der Waals surface area (Å²) < 4.78 is 30.2. The van der Waals surface area contributed by atoms with Crippen molar-refractivity contribution >= 4 is 50.0 Å². The summed E-state index contributed by atoms with van der Waals surface area (Å²) in [6, 6.07) is 12.8. The quantitative estimate of drug-likeness (QED) is 0.448. The zero-order valence-corrected chi connectivity index (χ0v) is 18.2. The number of thiazole rings is 1. The van der Waals surface area contributed by atoms with Crippen molar-refractivity contribution in [2.75, 3.05) is 5.32 Å². The zero-order valence-electron chi connectivity index (χ0n) is 16.6. The lowest BCUT2D eigenvalue weighted by atomic mass is 10.1. The molecule has 0 fully saturated rings. The average molecular weight is 466 g/mol. The predicted octanol–water partition coefficient (Wildman–Crippen LogP) is 2.92. The van der Waals surface area contributed by atoms with Crippen molar-refractivity contribution in [2.45, 2.75) is 11.8 Å². The number of sulfonamides is 1. The van der Waals surface area contributed by atoms with Crippen LogP contribution in [0.4, 0.5) is 5.69 Å². The van der Waals surface area contributed by atoms with Gasteiger partial charge < -0.3 is 10.4 Å². The zero-order chi connectivity index (χ0) is 22.5. The summed E-state index contributed by atoms with van der Waals surface area (Å²) in [4.78, 5) is 17.7.